The molecule has 76 valence electrons. The average Bonchev–Trinajstić information content (AvgIpc) is 2.47. The fourth-order valence-electron chi connectivity index (χ4n) is 1.70. The van der Waals surface area contributed by atoms with Crippen molar-refractivity contribution in [1.29, 1.82) is 0 Å². The molecule has 1 saturated heterocycles. The Morgan fingerprint density at radius 2 is 2.21 bits per heavy atom. The molecule has 1 aromatic heterocycles. The van der Waals surface area contributed by atoms with Crippen molar-refractivity contribution >= 4 is 5.82 Å². The van der Waals surface area contributed by atoms with Crippen molar-refractivity contribution in [2.24, 2.45) is 0 Å². The first-order chi connectivity index (χ1) is 6.57. The van der Waals surface area contributed by atoms with Gasteiger partial charge in [-0.15, -0.1) is 0 Å². The Balaban J connectivity index is 2.14. The lowest BCUT2D eigenvalue weighted by molar-refractivity contribution is -0.0182. The number of hydrogen-bond donors (Lipinski definition) is 1. The number of anilines is 1. The second-order valence-electron chi connectivity index (χ2n) is 4.27. The summed E-state index contributed by atoms with van der Waals surface area (Å²) in [5.74, 6) is 0.450. The van der Waals surface area contributed by atoms with Crippen LogP contribution in [0.1, 0.15) is 38.5 Å². The van der Waals surface area contributed by atoms with Gasteiger partial charge in [0, 0.05) is 0 Å². The van der Waals surface area contributed by atoms with Crippen LogP contribution in [0.4, 0.5) is 5.82 Å². The van der Waals surface area contributed by atoms with Gasteiger partial charge in [-0.3, -0.25) is 4.98 Å². The van der Waals surface area contributed by atoms with E-state index >= 15 is 0 Å². The van der Waals surface area contributed by atoms with Crippen LogP contribution in [-0.4, -0.2) is 15.6 Å². The smallest absolute Gasteiger partial charge is 0.141 e. The molecule has 14 heavy (non-hydrogen) atoms. The van der Waals surface area contributed by atoms with Gasteiger partial charge >= 0.3 is 0 Å². The lowest BCUT2D eigenvalue weighted by atomic mass is 10.0. The summed E-state index contributed by atoms with van der Waals surface area (Å²) in [6.45, 7) is 4.19. The Morgan fingerprint density at radius 3 is 2.71 bits per heavy atom. The third-order valence-corrected chi connectivity index (χ3v) is 2.49. The summed E-state index contributed by atoms with van der Waals surface area (Å²) < 4.78 is 5.83. The maximum atomic E-state index is 5.83. The van der Waals surface area contributed by atoms with Crippen molar-refractivity contribution in [3.05, 3.63) is 18.1 Å². The Bertz CT molecular complexity index is 321. The van der Waals surface area contributed by atoms with Crippen LogP contribution in [0.2, 0.25) is 0 Å². The van der Waals surface area contributed by atoms with Crippen LogP contribution in [0.5, 0.6) is 0 Å². The number of nitrogen functional groups attached to an aromatic ring is 1. The highest BCUT2D eigenvalue weighted by atomic mass is 16.5. The molecule has 1 atom stereocenters. The fourth-order valence-corrected chi connectivity index (χ4v) is 1.70. The first kappa shape index (κ1) is 9.40. The van der Waals surface area contributed by atoms with E-state index in [1.165, 1.54) is 0 Å². The molecular weight excluding hydrogens is 178 g/mol. The van der Waals surface area contributed by atoms with Crippen molar-refractivity contribution in [3.63, 3.8) is 0 Å². The van der Waals surface area contributed by atoms with E-state index in [0.717, 1.165) is 18.5 Å². The van der Waals surface area contributed by atoms with E-state index in [2.05, 4.69) is 23.8 Å². The monoisotopic (exact) mass is 193 g/mol. The SMILES string of the molecule is CC1(C)CC[C@H](c2cnc(N)cn2)O1. The van der Waals surface area contributed by atoms with Crippen LogP contribution in [0.15, 0.2) is 12.4 Å². The Kier molecular flexibility index (Phi) is 2.15. The van der Waals surface area contributed by atoms with Gasteiger partial charge < -0.3 is 10.5 Å². The molecule has 1 aliphatic rings. The molecule has 4 heteroatoms. The first-order valence-electron chi connectivity index (χ1n) is 4.82. The third-order valence-electron chi connectivity index (χ3n) is 2.49. The summed E-state index contributed by atoms with van der Waals surface area (Å²) in [6, 6.07) is 0. The van der Waals surface area contributed by atoms with Crippen molar-refractivity contribution in [3.8, 4) is 0 Å². The van der Waals surface area contributed by atoms with E-state index in [0.29, 0.717) is 5.82 Å². The molecule has 4 nitrogen and oxygen atoms in total. The molecule has 0 spiro atoms. The van der Waals surface area contributed by atoms with Crippen LogP contribution in [0.3, 0.4) is 0 Å². The molecule has 2 rings (SSSR count). The molecule has 0 radical (unpaired) electrons. The maximum absolute atomic E-state index is 5.83. The minimum Gasteiger partial charge on any atom is -0.382 e. The normalized spacial score (nSPS) is 25.1. The molecule has 0 unspecified atom stereocenters. The van der Waals surface area contributed by atoms with Crippen LogP contribution >= 0.6 is 0 Å². The minimum atomic E-state index is -0.0340. The zero-order valence-corrected chi connectivity index (χ0v) is 8.53. The zero-order valence-electron chi connectivity index (χ0n) is 8.53. The van der Waals surface area contributed by atoms with E-state index in [9.17, 15) is 0 Å². The van der Waals surface area contributed by atoms with Crippen molar-refractivity contribution < 1.29 is 4.74 Å². The number of nitrogens with two attached hydrogens (primary N) is 1. The predicted octanol–water partition coefficient (Wildman–Crippen LogP) is 1.69. The Hall–Kier alpha value is -1.16. The number of ether oxygens (including phenoxy) is 1. The van der Waals surface area contributed by atoms with Gasteiger partial charge in [0.05, 0.1) is 23.7 Å². The lowest BCUT2D eigenvalue weighted by Gasteiger charge is -2.18. The standard InChI is InChI=1S/C10H15N3O/c1-10(2)4-3-8(14-10)7-5-13-9(11)6-12-7/h5-6,8H,3-4H2,1-2H3,(H2,11,13)/t8-/m1/s1. The van der Waals surface area contributed by atoms with Gasteiger partial charge in [0.2, 0.25) is 0 Å². The van der Waals surface area contributed by atoms with Crippen molar-refractivity contribution in [2.75, 3.05) is 5.73 Å². The molecule has 0 saturated carbocycles. The lowest BCUT2D eigenvalue weighted by Crippen LogP contribution is -2.17. The highest BCUT2D eigenvalue weighted by Gasteiger charge is 2.33. The molecule has 0 amide bonds. The van der Waals surface area contributed by atoms with Gasteiger partial charge in [-0.05, 0) is 26.7 Å². The summed E-state index contributed by atoms with van der Waals surface area (Å²) in [5, 5.41) is 0. The predicted molar refractivity (Wildman–Crippen MR) is 53.6 cm³/mol. The quantitative estimate of drug-likeness (QED) is 0.737. The molecule has 0 aliphatic carbocycles. The van der Waals surface area contributed by atoms with Gasteiger partial charge in [0.25, 0.3) is 0 Å². The van der Waals surface area contributed by atoms with Gasteiger partial charge in [-0.2, -0.15) is 0 Å². The molecule has 1 aliphatic heterocycles. The van der Waals surface area contributed by atoms with Gasteiger partial charge in [0.1, 0.15) is 11.9 Å². The third kappa shape index (κ3) is 1.85. The summed E-state index contributed by atoms with van der Waals surface area (Å²) in [6.07, 6.45) is 5.42. The zero-order chi connectivity index (χ0) is 10.2. The summed E-state index contributed by atoms with van der Waals surface area (Å²) in [7, 11) is 0. The van der Waals surface area contributed by atoms with Crippen LogP contribution in [-0.2, 0) is 4.74 Å². The van der Waals surface area contributed by atoms with Crippen LogP contribution in [0.25, 0.3) is 0 Å². The molecule has 2 N–H and O–H groups in total. The highest BCUT2D eigenvalue weighted by Crippen LogP contribution is 2.37. The van der Waals surface area contributed by atoms with Gasteiger partial charge in [0.15, 0.2) is 0 Å². The summed E-state index contributed by atoms with van der Waals surface area (Å²) in [4.78, 5) is 8.22. The fraction of sp³-hybridized carbons (Fsp3) is 0.600. The second-order valence-corrected chi connectivity index (χ2v) is 4.27. The van der Waals surface area contributed by atoms with Crippen LogP contribution < -0.4 is 5.73 Å². The second kappa shape index (κ2) is 3.20. The van der Waals surface area contributed by atoms with Crippen LogP contribution in [0, 0.1) is 0 Å². The van der Waals surface area contributed by atoms with E-state index in [1.54, 1.807) is 12.4 Å². The number of hydrogen-bond acceptors (Lipinski definition) is 4. The molecule has 1 fully saturated rings. The maximum Gasteiger partial charge on any atom is 0.141 e. The van der Waals surface area contributed by atoms with E-state index in [1.807, 2.05) is 0 Å². The van der Waals surface area contributed by atoms with Gasteiger partial charge in [-0.1, -0.05) is 0 Å². The van der Waals surface area contributed by atoms with E-state index < -0.39 is 0 Å². The van der Waals surface area contributed by atoms with Gasteiger partial charge in [-0.25, -0.2) is 4.98 Å². The number of aromatic nitrogens is 2. The Labute approximate surface area is 83.5 Å². The average molecular weight is 193 g/mol. The highest BCUT2D eigenvalue weighted by molar-refractivity contribution is 5.23. The molecule has 1 aromatic rings. The topological polar surface area (TPSA) is 61.0 Å². The largest absolute Gasteiger partial charge is 0.382 e. The van der Waals surface area contributed by atoms with Crippen molar-refractivity contribution in [2.45, 2.75) is 38.4 Å². The summed E-state index contributed by atoms with van der Waals surface area (Å²) in [5.41, 5.74) is 6.31. The van der Waals surface area contributed by atoms with Crippen molar-refractivity contribution in [1.82, 2.24) is 9.97 Å². The number of rotatable bonds is 1. The van der Waals surface area contributed by atoms with E-state index in [4.69, 9.17) is 10.5 Å². The minimum absolute atomic E-state index is 0.0340. The number of nitrogens with zero attached hydrogens (tertiary/aromatic N) is 2. The molecule has 2 heterocycles. The molecular formula is C10H15N3O. The Morgan fingerprint density at radius 1 is 1.43 bits per heavy atom. The summed E-state index contributed by atoms with van der Waals surface area (Å²) >= 11 is 0. The molecule has 0 bridgehead atoms. The first-order valence-corrected chi connectivity index (χ1v) is 4.82. The van der Waals surface area contributed by atoms with E-state index in [-0.39, 0.29) is 11.7 Å². The molecule has 0 aromatic carbocycles.